The summed E-state index contributed by atoms with van der Waals surface area (Å²) >= 11 is 6.37. The second kappa shape index (κ2) is 7.49. The summed E-state index contributed by atoms with van der Waals surface area (Å²) in [4.78, 5) is 14.6. The van der Waals surface area contributed by atoms with Gasteiger partial charge in [-0.05, 0) is 25.0 Å². The van der Waals surface area contributed by atoms with Crippen LogP contribution >= 0.6 is 11.6 Å². The molecule has 2 atom stereocenters. The highest BCUT2D eigenvalue weighted by molar-refractivity contribution is 6.34. The lowest BCUT2D eigenvalue weighted by molar-refractivity contribution is -0.126. The summed E-state index contributed by atoms with van der Waals surface area (Å²) in [6, 6.07) is 5.53. The first-order chi connectivity index (χ1) is 11.2. The molecule has 0 spiro atoms. The van der Waals surface area contributed by atoms with E-state index >= 15 is 0 Å². The maximum Gasteiger partial charge on any atom is 0.253 e. The number of amides is 1. The van der Waals surface area contributed by atoms with E-state index in [9.17, 15) is 4.79 Å². The Kier molecular flexibility index (Phi) is 5.38. The molecule has 0 saturated carbocycles. The number of benzene rings is 1. The van der Waals surface area contributed by atoms with Crippen LogP contribution in [0.5, 0.6) is 0 Å². The number of carbonyl (C=O) groups excluding carboxylic acids is 1. The van der Waals surface area contributed by atoms with Crippen molar-refractivity contribution in [3.63, 3.8) is 0 Å². The van der Waals surface area contributed by atoms with Crippen LogP contribution in [-0.2, 0) is 14.3 Å². The van der Waals surface area contributed by atoms with Crippen LogP contribution < -0.4 is 16.0 Å². The molecule has 0 radical (unpaired) electrons. The highest BCUT2D eigenvalue weighted by Crippen LogP contribution is 2.35. The molecule has 3 rings (SSSR count). The first kappa shape index (κ1) is 16.5. The number of halogens is 1. The van der Waals surface area contributed by atoms with Gasteiger partial charge in [0.05, 0.1) is 35.7 Å². The van der Waals surface area contributed by atoms with E-state index in [4.69, 9.17) is 26.8 Å². The van der Waals surface area contributed by atoms with E-state index in [1.54, 1.807) is 0 Å². The van der Waals surface area contributed by atoms with Crippen LogP contribution in [0.2, 0.25) is 5.02 Å². The first-order valence-electron chi connectivity index (χ1n) is 7.96. The average molecular weight is 340 g/mol. The van der Waals surface area contributed by atoms with E-state index in [0.29, 0.717) is 36.9 Å². The van der Waals surface area contributed by atoms with Crippen molar-refractivity contribution >= 4 is 28.9 Å². The molecule has 1 aromatic rings. The largest absolute Gasteiger partial charge is 0.378 e. The molecule has 0 bridgehead atoms. The Morgan fingerprint density at radius 2 is 2.13 bits per heavy atom. The standard InChI is InChI=1S/C16H22ClN3O3/c17-12-2-1-3-13(15(12)20-6-8-22-9-7-20)19-16(21)14-5-4-11(10-18)23-14/h1-3,11,14H,4-10,18H2,(H,19,21)/t11-,14+/m1/s1. The molecule has 126 valence electrons. The van der Waals surface area contributed by atoms with E-state index in [2.05, 4.69) is 10.2 Å². The Bertz CT molecular complexity index is 564. The minimum absolute atomic E-state index is 0.0242. The van der Waals surface area contributed by atoms with Crippen LogP contribution in [0.3, 0.4) is 0 Å². The molecule has 2 saturated heterocycles. The molecule has 0 aliphatic carbocycles. The molecule has 0 aromatic heterocycles. The second-order valence-electron chi connectivity index (χ2n) is 5.78. The van der Waals surface area contributed by atoms with Crippen molar-refractivity contribution in [2.75, 3.05) is 43.1 Å². The molecule has 2 heterocycles. The number of carbonyl (C=O) groups is 1. The van der Waals surface area contributed by atoms with Gasteiger partial charge >= 0.3 is 0 Å². The SMILES string of the molecule is NC[C@H]1CC[C@@H](C(=O)Nc2cccc(Cl)c2N2CCOCC2)O1. The third-order valence-electron chi connectivity index (χ3n) is 4.23. The van der Waals surface area contributed by atoms with Gasteiger partial charge < -0.3 is 25.4 Å². The zero-order valence-electron chi connectivity index (χ0n) is 13.0. The van der Waals surface area contributed by atoms with Crippen LogP contribution in [0.1, 0.15) is 12.8 Å². The van der Waals surface area contributed by atoms with Crippen molar-refractivity contribution in [1.82, 2.24) is 0 Å². The van der Waals surface area contributed by atoms with Gasteiger partial charge in [0.25, 0.3) is 5.91 Å². The Hall–Kier alpha value is -1.34. The molecular formula is C16H22ClN3O3. The molecule has 2 aliphatic rings. The van der Waals surface area contributed by atoms with Crippen molar-refractivity contribution in [2.24, 2.45) is 5.73 Å². The van der Waals surface area contributed by atoms with Crippen molar-refractivity contribution < 1.29 is 14.3 Å². The fraction of sp³-hybridized carbons (Fsp3) is 0.562. The monoisotopic (exact) mass is 339 g/mol. The Morgan fingerprint density at radius 3 is 2.83 bits per heavy atom. The number of hydrogen-bond donors (Lipinski definition) is 2. The van der Waals surface area contributed by atoms with Crippen LogP contribution in [0.4, 0.5) is 11.4 Å². The maximum atomic E-state index is 12.5. The smallest absolute Gasteiger partial charge is 0.253 e. The van der Waals surface area contributed by atoms with Crippen molar-refractivity contribution in [1.29, 1.82) is 0 Å². The molecule has 1 amide bonds. The van der Waals surface area contributed by atoms with Gasteiger partial charge in [-0.15, -0.1) is 0 Å². The molecule has 6 nitrogen and oxygen atoms in total. The molecule has 7 heteroatoms. The van der Waals surface area contributed by atoms with Crippen LogP contribution in [0.15, 0.2) is 18.2 Å². The van der Waals surface area contributed by atoms with E-state index in [-0.39, 0.29) is 12.0 Å². The minimum atomic E-state index is -0.444. The van der Waals surface area contributed by atoms with E-state index in [1.807, 2.05) is 18.2 Å². The minimum Gasteiger partial charge on any atom is -0.378 e. The van der Waals surface area contributed by atoms with Crippen LogP contribution in [-0.4, -0.2) is 51.0 Å². The summed E-state index contributed by atoms with van der Waals surface area (Å²) < 4.78 is 11.0. The lowest BCUT2D eigenvalue weighted by Gasteiger charge is -2.31. The zero-order chi connectivity index (χ0) is 16.2. The number of rotatable bonds is 4. The van der Waals surface area contributed by atoms with E-state index < -0.39 is 6.10 Å². The summed E-state index contributed by atoms with van der Waals surface area (Å²) in [6.45, 7) is 3.26. The third-order valence-corrected chi connectivity index (χ3v) is 4.54. The van der Waals surface area contributed by atoms with Gasteiger partial charge in [-0.2, -0.15) is 0 Å². The van der Waals surface area contributed by atoms with Crippen molar-refractivity contribution in [3.8, 4) is 0 Å². The first-order valence-corrected chi connectivity index (χ1v) is 8.34. The number of ether oxygens (including phenoxy) is 2. The predicted octanol–water partition coefficient (Wildman–Crippen LogP) is 1.62. The molecule has 2 fully saturated rings. The van der Waals surface area contributed by atoms with Gasteiger partial charge in [-0.1, -0.05) is 17.7 Å². The summed E-state index contributed by atoms with van der Waals surface area (Å²) in [5.74, 6) is -0.141. The summed E-state index contributed by atoms with van der Waals surface area (Å²) in [6.07, 6.45) is 1.05. The summed E-state index contributed by atoms with van der Waals surface area (Å²) in [5, 5.41) is 3.59. The van der Waals surface area contributed by atoms with E-state index in [1.165, 1.54) is 0 Å². The topological polar surface area (TPSA) is 76.8 Å². The Labute approximate surface area is 140 Å². The van der Waals surface area contributed by atoms with Gasteiger partial charge in [0.1, 0.15) is 6.10 Å². The third kappa shape index (κ3) is 3.77. The average Bonchev–Trinajstić information content (AvgIpc) is 3.05. The fourth-order valence-corrected chi connectivity index (χ4v) is 3.30. The lowest BCUT2D eigenvalue weighted by Crippen LogP contribution is -2.37. The van der Waals surface area contributed by atoms with Gasteiger partial charge in [-0.25, -0.2) is 0 Å². The molecular weight excluding hydrogens is 318 g/mol. The summed E-state index contributed by atoms with van der Waals surface area (Å²) in [7, 11) is 0. The Balaban J connectivity index is 1.74. The molecule has 23 heavy (non-hydrogen) atoms. The van der Waals surface area contributed by atoms with Crippen molar-refractivity contribution in [2.45, 2.75) is 25.0 Å². The Morgan fingerprint density at radius 1 is 1.35 bits per heavy atom. The normalized spacial score (nSPS) is 24.7. The number of para-hydroxylation sites is 1. The second-order valence-corrected chi connectivity index (χ2v) is 6.19. The predicted molar refractivity (Wildman–Crippen MR) is 90.1 cm³/mol. The summed E-state index contributed by atoms with van der Waals surface area (Å²) in [5.41, 5.74) is 7.16. The van der Waals surface area contributed by atoms with Gasteiger partial charge in [-0.3, -0.25) is 4.79 Å². The van der Waals surface area contributed by atoms with Gasteiger partial charge in [0.15, 0.2) is 0 Å². The highest BCUT2D eigenvalue weighted by atomic mass is 35.5. The molecule has 2 aliphatic heterocycles. The zero-order valence-corrected chi connectivity index (χ0v) is 13.7. The fourth-order valence-electron chi connectivity index (χ4n) is 3.01. The van der Waals surface area contributed by atoms with Crippen LogP contribution in [0.25, 0.3) is 0 Å². The van der Waals surface area contributed by atoms with Gasteiger partial charge in [0, 0.05) is 19.6 Å². The lowest BCUT2D eigenvalue weighted by atomic mass is 10.1. The number of nitrogens with one attached hydrogen (secondary N) is 1. The van der Waals surface area contributed by atoms with Gasteiger partial charge in [0.2, 0.25) is 0 Å². The number of nitrogens with zero attached hydrogens (tertiary/aromatic N) is 1. The van der Waals surface area contributed by atoms with Crippen LogP contribution in [0, 0.1) is 0 Å². The number of nitrogens with two attached hydrogens (primary N) is 1. The number of anilines is 2. The molecule has 1 aromatic carbocycles. The molecule has 0 unspecified atom stereocenters. The maximum absolute atomic E-state index is 12.5. The molecule has 3 N–H and O–H groups in total. The quantitative estimate of drug-likeness (QED) is 0.871. The van der Waals surface area contributed by atoms with Crippen molar-refractivity contribution in [3.05, 3.63) is 23.2 Å². The highest BCUT2D eigenvalue weighted by Gasteiger charge is 2.30. The number of morpholine rings is 1. The number of hydrogen-bond acceptors (Lipinski definition) is 5. The van der Waals surface area contributed by atoms with E-state index in [0.717, 1.165) is 25.2 Å².